The maximum atomic E-state index is 13.2. The van der Waals surface area contributed by atoms with Crippen LogP contribution < -0.4 is 31.7 Å². The fraction of sp³-hybridized carbons (Fsp3) is 0.440. The highest BCUT2D eigenvalue weighted by Gasteiger charge is 2.32. The average Bonchev–Trinajstić information content (AvgIpc) is 3.75. The third-order valence-corrected chi connectivity index (χ3v) is 14.4. The number of unbranched alkanes of at least 4 members (excludes halogenated alkanes) is 6. The summed E-state index contributed by atoms with van der Waals surface area (Å²) in [6.07, 6.45) is 13.1. The molecule has 3 aromatic heterocycles. The number of aryl methyl sites for hydroxylation is 2. The highest BCUT2D eigenvalue weighted by molar-refractivity contribution is 7.21. The summed E-state index contributed by atoms with van der Waals surface area (Å²) < 4.78 is 10.6. The molecule has 1 aliphatic carbocycles. The molecule has 1 unspecified atom stereocenters. The molecule has 3 aliphatic rings. The van der Waals surface area contributed by atoms with Crippen LogP contribution in [-0.2, 0) is 27.9 Å². The van der Waals surface area contributed by atoms with Crippen molar-refractivity contribution in [3.63, 3.8) is 0 Å². The first-order valence-corrected chi connectivity index (χ1v) is 23.9. The number of benzene rings is 3. The number of imidazole rings is 1. The van der Waals surface area contributed by atoms with Crippen LogP contribution in [0.25, 0.3) is 43.3 Å². The minimum Gasteiger partial charge on any atom is -0.490 e. The summed E-state index contributed by atoms with van der Waals surface area (Å²) in [5, 5.41) is 14.3. The molecule has 64 heavy (non-hydrogen) atoms. The molecule has 0 spiro atoms. The Morgan fingerprint density at radius 3 is 2.42 bits per heavy atom. The van der Waals surface area contributed by atoms with E-state index in [1.807, 2.05) is 43.3 Å². The maximum absolute atomic E-state index is 13.2. The number of ether oxygens (including phenoxy) is 1. The Morgan fingerprint density at radius 2 is 1.64 bits per heavy atom. The molecule has 5 heterocycles. The van der Waals surface area contributed by atoms with Crippen molar-refractivity contribution in [2.24, 2.45) is 7.05 Å². The molecule has 4 N–H and O–H groups in total. The van der Waals surface area contributed by atoms with Crippen LogP contribution >= 0.6 is 11.3 Å². The highest BCUT2D eigenvalue weighted by Crippen LogP contribution is 2.41. The zero-order chi connectivity index (χ0) is 44.3. The number of rotatable bonds is 15. The minimum absolute atomic E-state index is 0.0307. The first-order chi connectivity index (χ1) is 31.1. The van der Waals surface area contributed by atoms with Crippen molar-refractivity contribution in [3.05, 3.63) is 87.7 Å². The molecule has 1 saturated heterocycles. The molecule has 2 atom stereocenters. The van der Waals surface area contributed by atoms with Gasteiger partial charge in [0, 0.05) is 59.6 Å². The first-order valence-electron chi connectivity index (χ1n) is 23.1. The van der Waals surface area contributed by atoms with Crippen LogP contribution in [0.4, 0.5) is 5.69 Å². The quantitative estimate of drug-likeness (QED) is 0.0589. The van der Waals surface area contributed by atoms with Crippen LogP contribution in [0.1, 0.15) is 118 Å². The van der Waals surface area contributed by atoms with Crippen molar-refractivity contribution in [1.29, 1.82) is 0 Å². The van der Waals surface area contributed by atoms with Gasteiger partial charge in [-0.05, 0) is 118 Å². The second-order valence-electron chi connectivity index (χ2n) is 17.9. The highest BCUT2D eigenvalue weighted by atomic mass is 32.1. The van der Waals surface area contributed by atoms with E-state index in [1.165, 1.54) is 11.3 Å². The van der Waals surface area contributed by atoms with Crippen LogP contribution in [0.2, 0.25) is 0 Å². The Morgan fingerprint density at radius 1 is 0.875 bits per heavy atom. The number of amides is 4. The number of aromatic nitrogens is 3. The SMILES string of the molecule is C[C@@H]1CNc2c(sc3ccc4nc(-c5ccc(OC6CCC(NC(=O)CCCCCCCCCc7cccc8c7n(C)c(=O)n8C7CCC(=O)NC7=O)CC6)cc5)ccc4c23)C(=O)N1. The van der Waals surface area contributed by atoms with Gasteiger partial charge in [-0.15, -0.1) is 11.3 Å². The molecule has 2 aliphatic heterocycles. The van der Waals surface area contributed by atoms with E-state index >= 15 is 0 Å². The monoisotopic (exact) mass is 883 g/mol. The topological polar surface area (TPSA) is 165 Å². The number of pyridine rings is 1. The van der Waals surface area contributed by atoms with Gasteiger partial charge in [0.25, 0.3) is 5.91 Å². The summed E-state index contributed by atoms with van der Waals surface area (Å²) in [5.41, 5.74) is 6.14. The van der Waals surface area contributed by atoms with Gasteiger partial charge >= 0.3 is 5.69 Å². The van der Waals surface area contributed by atoms with Gasteiger partial charge in [0.2, 0.25) is 17.7 Å². The van der Waals surface area contributed by atoms with Gasteiger partial charge in [-0.1, -0.05) is 44.2 Å². The third-order valence-electron chi connectivity index (χ3n) is 13.2. The number of hydrogen-bond donors (Lipinski definition) is 4. The molecule has 4 amide bonds. The average molecular weight is 884 g/mol. The standard InChI is InChI=1S/C50H57N7O6S/c1-30-29-51-45-44-36-23-24-37(54-38(36)25-27-41(44)64-47(45)49(61)52-30)31-15-19-34(20-16-31)63-35-21-17-33(18-22-35)53-42(58)14-9-7-5-3-4-6-8-11-32-12-10-13-39-46(32)56(2)50(62)57(39)40-26-28-43(59)55-48(40)60/h10,12-13,15-16,19-20,23-25,27,30,33,35,40,51H,3-9,11,14,17-18,21-22,26,28-29H2,1-2H3,(H,52,61)(H,53,58)(H,55,59,60)/t30-,33?,35?,40?/m1/s1. The molecule has 1 saturated carbocycles. The molecule has 334 valence electrons. The predicted molar refractivity (Wildman–Crippen MR) is 252 cm³/mol. The number of carbonyl (C=O) groups excluding carboxylic acids is 4. The first kappa shape index (κ1) is 43.2. The number of piperidine rings is 1. The molecule has 6 aromatic rings. The number of thiophene rings is 1. The lowest BCUT2D eigenvalue weighted by molar-refractivity contribution is -0.135. The lowest BCUT2D eigenvalue weighted by Gasteiger charge is -2.29. The molecule has 0 radical (unpaired) electrons. The van der Waals surface area contributed by atoms with Gasteiger partial charge in [0.1, 0.15) is 16.7 Å². The van der Waals surface area contributed by atoms with Gasteiger partial charge in [-0.3, -0.25) is 33.6 Å². The van der Waals surface area contributed by atoms with E-state index in [1.54, 1.807) is 16.2 Å². The van der Waals surface area contributed by atoms with Crippen molar-refractivity contribution in [2.45, 2.75) is 127 Å². The number of anilines is 1. The Balaban J connectivity index is 0.663. The third kappa shape index (κ3) is 9.15. The zero-order valence-electron chi connectivity index (χ0n) is 36.7. The summed E-state index contributed by atoms with van der Waals surface area (Å²) in [6.45, 7) is 2.68. The number of hydrogen-bond acceptors (Lipinski definition) is 9. The fourth-order valence-corrected chi connectivity index (χ4v) is 10.9. The Hall–Kier alpha value is -6.02. The van der Waals surface area contributed by atoms with E-state index in [4.69, 9.17) is 9.72 Å². The van der Waals surface area contributed by atoms with Gasteiger partial charge in [0.05, 0.1) is 34.0 Å². The van der Waals surface area contributed by atoms with Crippen molar-refractivity contribution in [3.8, 4) is 17.0 Å². The molecule has 2 fully saturated rings. The van der Waals surface area contributed by atoms with Crippen molar-refractivity contribution >= 4 is 72.7 Å². The maximum Gasteiger partial charge on any atom is 0.329 e. The molecule has 13 nitrogen and oxygen atoms in total. The number of para-hydroxylation sites is 1. The van der Waals surface area contributed by atoms with Crippen LogP contribution in [0.3, 0.4) is 0 Å². The van der Waals surface area contributed by atoms with Gasteiger partial charge in [-0.2, -0.15) is 0 Å². The van der Waals surface area contributed by atoms with Gasteiger partial charge < -0.3 is 20.7 Å². The van der Waals surface area contributed by atoms with Crippen molar-refractivity contribution in [2.75, 3.05) is 11.9 Å². The number of nitrogens with zero attached hydrogens (tertiary/aromatic N) is 3. The predicted octanol–water partition coefficient (Wildman–Crippen LogP) is 8.46. The fourth-order valence-electron chi connectivity index (χ4n) is 9.84. The van der Waals surface area contributed by atoms with Gasteiger partial charge in [0.15, 0.2) is 0 Å². The Labute approximate surface area is 376 Å². The van der Waals surface area contributed by atoms with Crippen molar-refractivity contribution < 1.29 is 23.9 Å². The second-order valence-corrected chi connectivity index (χ2v) is 18.9. The lowest BCUT2D eigenvalue weighted by Crippen LogP contribution is -2.44. The second kappa shape index (κ2) is 19.0. The van der Waals surface area contributed by atoms with E-state index in [0.717, 1.165) is 142 Å². The Kier molecular flexibility index (Phi) is 12.8. The van der Waals surface area contributed by atoms with Crippen LogP contribution in [0, 0.1) is 0 Å². The zero-order valence-corrected chi connectivity index (χ0v) is 37.5. The smallest absolute Gasteiger partial charge is 0.329 e. The minimum atomic E-state index is -0.678. The number of nitrogens with one attached hydrogen (secondary N) is 4. The van der Waals surface area contributed by atoms with E-state index in [2.05, 4.69) is 51.6 Å². The molecule has 3 aromatic carbocycles. The van der Waals surface area contributed by atoms with E-state index in [0.29, 0.717) is 19.4 Å². The largest absolute Gasteiger partial charge is 0.490 e. The summed E-state index contributed by atoms with van der Waals surface area (Å²) in [7, 11) is 1.75. The van der Waals surface area contributed by atoms with Crippen LogP contribution in [0.15, 0.2) is 71.5 Å². The number of fused-ring (bicyclic) bond motifs is 6. The summed E-state index contributed by atoms with van der Waals surface area (Å²) in [5.74, 6) is 0.238. The number of carbonyl (C=O) groups is 4. The molecular formula is C50H57N7O6S. The van der Waals surface area contributed by atoms with E-state index < -0.39 is 11.9 Å². The van der Waals surface area contributed by atoms with Crippen molar-refractivity contribution in [1.82, 2.24) is 30.1 Å². The summed E-state index contributed by atoms with van der Waals surface area (Å²) in [6, 6.07) is 21.8. The van der Waals surface area contributed by atoms with Crippen LogP contribution in [-0.4, -0.2) is 62.5 Å². The van der Waals surface area contributed by atoms with E-state index in [-0.39, 0.29) is 48.0 Å². The lowest BCUT2D eigenvalue weighted by atomic mass is 9.92. The summed E-state index contributed by atoms with van der Waals surface area (Å²) >= 11 is 1.52. The Bertz CT molecular complexity index is 2780. The van der Waals surface area contributed by atoms with Gasteiger partial charge in [-0.25, -0.2) is 9.78 Å². The summed E-state index contributed by atoms with van der Waals surface area (Å²) in [4.78, 5) is 68.8. The molecule has 9 rings (SSSR count). The molecule has 14 heteroatoms. The van der Waals surface area contributed by atoms with Crippen LogP contribution in [0.5, 0.6) is 5.75 Å². The molecule has 0 bridgehead atoms. The molecular weight excluding hydrogens is 827 g/mol. The normalized spacial score (nSPS) is 20.1. The number of imide groups is 1. The van der Waals surface area contributed by atoms with E-state index in [9.17, 15) is 24.0 Å².